The van der Waals surface area contributed by atoms with Gasteiger partial charge in [0.25, 0.3) is 5.56 Å². The Balaban J connectivity index is 1.94. The molecule has 0 atom stereocenters. The average molecular weight is 481 g/mol. The first-order chi connectivity index (χ1) is 16.2. The van der Waals surface area contributed by atoms with Crippen LogP contribution in [0.5, 0.6) is 5.88 Å². The van der Waals surface area contributed by atoms with Crippen LogP contribution in [-0.4, -0.2) is 30.9 Å². The van der Waals surface area contributed by atoms with Crippen LogP contribution in [0.15, 0.2) is 63.1 Å². The molecule has 8 nitrogen and oxygen atoms in total. The Labute approximate surface area is 202 Å². The molecule has 1 aromatic heterocycles. The molecule has 0 aliphatic carbocycles. The minimum atomic E-state index is -0.687. The summed E-state index contributed by atoms with van der Waals surface area (Å²) in [4.78, 5) is 42.2. The third kappa shape index (κ3) is 5.66. The Morgan fingerprint density at radius 1 is 0.941 bits per heavy atom. The Morgan fingerprint density at radius 2 is 1.50 bits per heavy atom. The number of nitrogens with one attached hydrogen (secondary N) is 1. The maximum atomic E-state index is 12.9. The minimum Gasteiger partial charge on any atom is -0.494 e. The number of rotatable bonds is 7. The van der Waals surface area contributed by atoms with E-state index in [0.717, 1.165) is 44.9 Å². The summed E-state index contributed by atoms with van der Waals surface area (Å²) in [5.41, 5.74) is 2.04. The van der Waals surface area contributed by atoms with Crippen molar-refractivity contribution in [3.63, 3.8) is 0 Å². The number of aromatic hydroxyl groups is 1. The number of amides is 1. The molecule has 0 radical (unpaired) electrons. The number of anilines is 1. The van der Waals surface area contributed by atoms with E-state index in [1.165, 1.54) is 14.1 Å². The van der Waals surface area contributed by atoms with Gasteiger partial charge in [-0.1, -0.05) is 49.9 Å². The summed E-state index contributed by atoms with van der Waals surface area (Å²) in [5.74, 6) is -0.836. The lowest BCUT2D eigenvalue weighted by molar-refractivity contribution is -0.113. The van der Waals surface area contributed by atoms with Crippen molar-refractivity contribution in [2.75, 3.05) is 11.1 Å². The average Bonchev–Trinajstić information content (AvgIpc) is 2.85. The molecule has 178 valence electrons. The topological polar surface area (TPSA) is 106 Å². The van der Waals surface area contributed by atoms with Gasteiger partial charge in [0.2, 0.25) is 11.8 Å². The second-order valence-corrected chi connectivity index (χ2v) is 8.69. The van der Waals surface area contributed by atoms with Crippen LogP contribution in [0.1, 0.15) is 30.5 Å². The van der Waals surface area contributed by atoms with Crippen LogP contribution in [0, 0.1) is 0 Å². The molecule has 9 heteroatoms. The first kappa shape index (κ1) is 25.0. The number of nitrogens with zero attached hydrogens (tertiary/aromatic N) is 3. The fourth-order valence-corrected chi connectivity index (χ4v) is 4.09. The van der Waals surface area contributed by atoms with E-state index in [1.54, 1.807) is 12.1 Å². The van der Waals surface area contributed by atoms with E-state index in [0.29, 0.717) is 11.4 Å². The second-order valence-electron chi connectivity index (χ2n) is 7.73. The monoisotopic (exact) mass is 480 g/mol. The molecule has 2 N–H and O–H groups in total. The van der Waals surface area contributed by atoms with Gasteiger partial charge in [0.15, 0.2) is 0 Å². The van der Waals surface area contributed by atoms with Crippen molar-refractivity contribution in [1.82, 2.24) is 9.13 Å². The van der Waals surface area contributed by atoms with Crippen molar-refractivity contribution in [3.05, 3.63) is 86.1 Å². The van der Waals surface area contributed by atoms with Gasteiger partial charge in [0.1, 0.15) is 10.6 Å². The van der Waals surface area contributed by atoms with Gasteiger partial charge in [-0.15, -0.1) is 0 Å². The Kier molecular flexibility index (Phi) is 8.12. The fraction of sp³-hybridized carbons (Fsp3) is 0.280. The Bertz CT molecular complexity index is 1320. The number of carbonyl (C=O) groups excluding carboxylic acids is 1. The van der Waals surface area contributed by atoms with E-state index < -0.39 is 17.1 Å². The van der Waals surface area contributed by atoms with Crippen LogP contribution >= 0.6 is 11.8 Å². The molecule has 0 saturated heterocycles. The normalized spacial score (nSPS) is 11.5. The van der Waals surface area contributed by atoms with E-state index in [-0.39, 0.29) is 22.3 Å². The van der Waals surface area contributed by atoms with Crippen molar-refractivity contribution in [1.29, 1.82) is 0 Å². The molecule has 34 heavy (non-hydrogen) atoms. The van der Waals surface area contributed by atoms with Crippen LogP contribution in [0.25, 0.3) is 0 Å². The molecular formula is C25H28N4O4S. The van der Waals surface area contributed by atoms with E-state index in [2.05, 4.69) is 17.2 Å². The summed E-state index contributed by atoms with van der Waals surface area (Å²) >= 11 is 1.02. The van der Waals surface area contributed by atoms with E-state index in [9.17, 15) is 19.5 Å². The number of aromatic nitrogens is 2. The van der Waals surface area contributed by atoms with Gasteiger partial charge in [-0.2, -0.15) is 0 Å². The SMILES string of the molecule is CCc1ccc(N=C(SCC(=O)Nc2ccc(CC)cc2)c2c(O)n(C)c(=O)n(C)c2=O)cc1. The smallest absolute Gasteiger partial charge is 0.333 e. The summed E-state index contributed by atoms with van der Waals surface area (Å²) in [6, 6.07) is 15.0. The van der Waals surface area contributed by atoms with Crippen LogP contribution in [0.2, 0.25) is 0 Å². The first-order valence-electron chi connectivity index (χ1n) is 10.9. The largest absolute Gasteiger partial charge is 0.494 e. The van der Waals surface area contributed by atoms with Crippen LogP contribution in [-0.2, 0) is 31.7 Å². The number of aliphatic imine (C=N–C) groups is 1. The summed E-state index contributed by atoms with van der Waals surface area (Å²) in [6.45, 7) is 4.10. The molecular weight excluding hydrogens is 452 g/mol. The quantitative estimate of drug-likeness (QED) is 0.398. The molecule has 0 aliphatic rings. The predicted molar refractivity (Wildman–Crippen MR) is 138 cm³/mol. The predicted octanol–water partition coefficient (Wildman–Crippen LogP) is 3.36. The van der Waals surface area contributed by atoms with Crippen molar-refractivity contribution in [2.24, 2.45) is 19.1 Å². The van der Waals surface area contributed by atoms with Gasteiger partial charge in [0, 0.05) is 19.8 Å². The highest BCUT2D eigenvalue weighted by Gasteiger charge is 2.22. The molecule has 0 spiro atoms. The number of hydrogen-bond donors (Lipinski definition) is 2. The molecule has 3 aromatic rings. The van der Waals surface area contributed by atoms with Crippen molar-refractivity contribution >= 4 is 34.1 Å². The number of carbonyl (C=O) groups is 1. The lowest BCUT2D eigenvalue weighted by atomic mass is 10.1. The van der Waals surface area contributed by atoms with Gasteiger partial charge in [-0.05, 0) is 48.2 Å². The summed E-state index contributed by atoms with van der Waals surface area (Å²) in [6.07, 6.45) is 1.77. The second kappa shape index (κ2) is 11.0. The third-order valence-corrected chi connectivity index (χ3v) is 6.38. The summed E-state index contributed by atoms with van der Waals surface area (Å²) < 4.78 is 1.88. The van der Waals surface area contributed by atoms with Crippen molar-refractivity contribution < 1.29 is 9.90 Å². The maximum absolute atomic E-state index is 12.9. The molecule has 0 unspecified atom stereocenters. The van der Waals surface area contributed by atoms with Gasteiger partial charge in [-0.3, -0.25) is 18.7 Å². The first-order valence-corrected chi connectivity index (χ1v) is 11.9. The van der Waals surface area contributed by atoms with Gasteiger partial charge in [-0.25, -0.2) is 9.79 Å². The molecule has 0 fully saturated rings. The highest BCUT2D eigenvalue weighted by atomic mass is 32.2. The van der Waals surface area contributed by atoms with Crippen molar-refractivity contribution in [3.8, 4) is 5.88 Å². The number of benzene rings is 2. The van der Waals surface area contributed by atoms with E-state index in [1.807, 2.05) is 43.3 Å². The highest BCUT2D eigenvalue weighted by molar-refractivity contribution is 8.15. The zero-order valence-corrected chi connectivity index (χ0v) is 20.5. The summed E-state index contributed by atoms with van der Waals surface area (Å²) in [5, 5.41) is 13.6. The Hall–Kier alpha value is -3.59. The van der Waals surface area contributed by atoms with Crippen LogP contribution < -0.4 is 16.6 Å². The third-order valence-electron chi connectivity index (χ3n) is 5.41. The number of aryl methyl sites for hydroxylation is 2. The molecule has 3 rings (SSSR count). The molecule has 0 aliphatic heterocycles. The molecule has 2 aromatic carbocycles. The Morgan fingerprint density at radius 3 is 2.06 bits per heavy atom. The van der Waals surface area contributed by atoms with Crippen LogP contribution in [0.3, 0.4) is 0 Å². The highest BCUT2D eigenvalue weighted by Crippen LogP contribution is 2.24. The van der Waals surface area contributed by atoms with Gasteiger partial charge >= 0.3 is 5.69 Å². The zero-order valence-electron chi connectivity index (χ0n) is 19.7. The maximum Gasteiger partial charge on any atom is 0.333 e. The lowest BCUT2D eigenvalue weighted by Crippen LogP contribution is -2.39. The van der Waals surface area contributed by atoms with E-state index >= 15 is 0 Å². The lowest BCUT2D eigenvalue weighted by Gasteiger charge is -2.13. The molecule has 0 saturated carbocycles. The van der Waals surface area contributed by atoms with E-state index in [4.69, 9.17) is 0 Å². The standard InChI is InChI=1S/C25H28N4O4S/c1-5-16-7-11-18(12-8-16)26-20(30)15-34-22(27-19-13-9-17(6-2)10-14-19)21-23(31)28(3)25(33)29(4)24(21)32/h7-14,31H,5-6,15H2,1-4H3,(H,26,30). The number of hydrogen-bond acceptors (Lipinski definition) is 6. The fourth-order valence-electron chi connectivity index (χ4n) is 3.26. The molecule has 1 amide bonds. The summed E-state index contributed by atoms with van der Waals surface area (Å²) in [7, 11) is 2.70. The molecule has 0 bridgehead atoms. The zero-order chi connectivity index (χ0) is 24.8. The minimum absolute atomic E-state index is 0.0488. The van der Waals surface area contributed by atoms with Gasteiger partial charge < -0.3 is 10.4 Å². The van der Waals surface area contributed by atoms with Crippen LogP contribution in [0.4, 0.5) is 11.4 Å². The van der Waals surface area contributed by atoms with Gasteiger partial charge in [0.05, 0.1) is 11.4 Å². The molecule has 1 heterocycles. The van der Waals surface area contributed by atoms with Crippen molar-refractivity contribution in [2.45, 2.75) is 26.7 Å². The number of thioether (sulfide) groups is 1.